The predicted octanol–water partition coefficient (Wildman–Crippen LogP) is 2.50. The van der Waals surface area contributed by atoms with E-state index in [2.05, 4.69) is 0 Å². The fourth-order valence-corrected chi connectivity index (χ4v) is 3.65. The average molecular weight is 363 g/mol. The maximum Gasteiger partial charge on any atom is 0.339 e. The number of fused-ring (bicyclic) bond motifs is 1. The Morgan fingerprint density at radius 1 is 1.12 bits per heavy atom. The van der Waals surface area contributed by atoms with Gasteiger partial charge in [-0.3, -0.25) is 14.9 Å². The van der Waals surface area contributed by atoms with Crippen molar-refractivity contribution in [1.82, 2.24) is 0 Å². The van der Waals surface area contributed by atoms with E-state index in [9.17, 15) is 23.3 Å². The fourth-order valence-electron chi connectivity index (χ4n) is 2.67. The van der Waals surface area contributed by atoms with Gasteiger partial charge in [-0.15, -0.1) is 0 Å². The van der Waals surface area contributed by atoms with E-state index in [4.69, 9.17) is 8.92 Å². The minimum atomic E-state index is -4.30. The van der Waals surface area contributed by atoms with Gasteiger partial charge in [0.2, 0.25) is 0 Å². The number of nitro groups is 1. The van der Waals surface area contributed by atoms with E-state index in [0.29, 0.717) is 24.0 Å². The number of Topliss-reactive ketones (excluding diaryl/α,β-unsaturated/α-hetero) is 1. The zero-order chi connectivity index (χ0) is 18.2. The number of nitrogens with zero attached hydrogens (tertiary/aromatic N) is 1. The number of carbonyl (C=O) groups excluding carboxylic acids is 1. The van der Waals surface area contributed by atoms with Crippen LogP contribution in [0.25, 0.3) is 0 Å². The molecule has 25 heavy (non-hydrogen) atoms. The third kappa shape index (κ3) is 3.05. The van der Waals surface area contributed by atoms with Crippen LogP contribution in [-0.4, -0.2) is 26.2 Å². The number of rotatable bonds is 5. The Morgan fingerprint density at radius 2 is 1.88 bits per heavy atom. The molecule has 0 spiro atoms. The van der Waals surface area contributed by atoms with E-state index in [-0.39, 0.29) is 22.2 Å². The van der Waals surface area contributed by atoms with Crippen molar-refractivity contribution < 1.29 is 27.1 Å². The standard InChI is InChI=1S/C16H13NO7S/c1-23-16-8-5-10(9-13(16)17(19)20)25(21,22)24-15-4-2-3-11-12(15)6-7-14(11)18/h2-5,8-9H,6-7H2,1H3. The summed E-state index contributed by atoms with van der Waals surface area (Å²) >= 11 is 0. The smallest absolute Gasteiger partial charge is 0.339 e. The summed E-state index contributed by atoms with van der Waals surface area (Å²) in [5.41, 5.74) is 0.480. The Labute approximate surface area is 143 Å². The molecule has 3 rings (SSSR count). The molecule has 1 aliphatic carbocycles. The topological polar surface area (TPSA) is 113 Å². The van der Waals surface area contributed by atoms with Gasteiger partial charge in [0, 0.05) is 23.6 Å². The molecule has 0 heterocycles. The van der Waals surface area contributed by atoms with Crippen LogP contribution in [0.4, 0.5) is 5.69 Å². The molecule has 0 N–H and O–H groups in total. The summed E-state index contributed by atoms with van der Waals surface area (Å²) in [6, 6.07) is 7.82. The SMILES string of the molecule is COc1ccc(S(=O)(=O)Oc2cccc3c2CCC3=O)cc1[N+](=O)[O-]. The highest BCUT2D eigenvalue weighted by Gasteiger charge is 2.27. The number of ether oxygens (including phenoxy) is 1. The molecule has 0 saturated carbocycles. The summed E-state index contributed by atoms with van der Waals surface area (Å²) in [6.07, 6.45) is 0.687. The van der Waals surface area contributed by atoms with E-state index < -0.39 is 20.7 Å². The van der Waals surface area contributed by atoms with Crippen LogP contribution in [0.15, 0.2) is 41.3 Å². The molecule has 0 saturated heterocycles. The first-order valence-electron chi connectivity index (χ1n) is 7.25. The Bertz CT molecular complexity index is 982. The van der Waals surface area contributed by atoms with Gasteiger partial charge in [0.05, 0.1) is 12.0 Å². The minimum Gasteiger partial charge on any atom is -0.490 e. The van der Waals surface area contributed by atoms with Crippen LogP contribution in [0.5, 0.6) is 11.5 Å². The van der Waals surface area contributed by atoms with E-state index in [0.717, 1.165) is 12.1 Å². The van der Waals surface area contributed by atoms with E-state index in [1.165, 1.54) is 25.3 Å². The molecule has 2 aromatic rings. The summed E-state index contributed by atoms with van der Waals surface area (Å²) in [4.78, 5) is 21.7. The predicted molar refractivity (Wildman–Crippen MR) is 86.6 cm³/mol. The molecule has 0 fully saturated rings. The largest absolute Gasteiger partial charge is 0.490 e. The second-order valence-electron chi connectivity index (χ2n) is 5.33. The van der Waals surface area contributed by atoms with Crippen molar-refractivity contribution in [3.8, 4) is 11.5 Å². The van der Waals surface area contributed by atoms with Gasteiger partial charge < -0.3 is 8.92 Å². The van der Waals surface area contributed by atoms with Crippen LogP contribution in [-0.2, 0) is 16.5 Å². The molecule has 0 radical (unpaired) electrons. The molecule has 8 nitrogen and oxygen atoms in total. The van der Waals surface area contributed by atoms with Crippen LogP contribution in [0.2, 0.25) is 0 Å². The van der Waals surface area contributed by atoms with Gasteiger partial charge in [-0.2, -0.15) is 8.42 Å². The van der Waals surface area contributed by atoms with Crippen molar-refractivity contribution >= 4 is 21.6 Å². The lowest BCUT2D eigenvalue weighted by Crippen LogP contribution is -2.11. The second kappa shape index (κ2) is 6.17. The highest BCUT2D eigenvalue weighted by molar-refractivity contribution is 7.87. The molecular formula is C16H13NO7S. The van der Waals surface area contributed by atoms with Crippen LogP contribution in [0.1, 0.15) is 22.3 Å². The molecule has 0 atom stereocenters. The van der Waals surface area contributed by atoms with Gasteiger partial charge in [0.15, 0.2) is 11.5 Å². The zero-order valence-corrected chi connectivity index (χ0v) is 13.9. The lowest BCUT2D eigenvalue weighted by atomic mass is 10.1. The summed E-state index contributed by atoms with van der Waals surface area (Å²) in [5.74, 6) is -0.0742. The van der Waals surface area contributed by atoms with Gasteiger partial charge in [-0.1, -0.05) is 12.1 Å². The summed E-state index contributed by atoms with van der Waals surface area (Å²) in [7, 11) is -3.06. The second-order valence-corrected chi connectivity index (χ2v) is 6.88. The van der Waals surface area contributed by atoms with Gasteiger partial charge in [-0.25, -0.2) is 0 Å². The van der Waals surface area contributed by atoms with Gasteiger partial charge in [0.1, 0.15) is 10.6 Å². The molecule has 2 aromatic carbocycles. The Balaban J connectivity index is 2.00. The molecule has 0 unspecified atom stereocenters. The Hall–Kier alpha value is -2.94. The Kier molecular flexibility index (Phi) is 4.17. The lowest BCUT2D eigenvalue weighted by molar-refractivity contribution is -0.386. The summed E-state index contributed by atoms with van der Waals surface area (Å²) in [6.45, 7) is 0. The van der Waals surface area contributed by atoms with Crippen LogP contribution < -0.4 is 8.92 Å². The lowest BCUT2D eigenvalue weighted by Gasteiger charge is -2.11. The maximum absolute atomic E-state index is 12.5. The first-order valence-corrected chi connectivity index (χ1v) is 8.66. The molecule has 9 heteroatoms. The third-order valence-electron chi connectivity index (χ3n) is 3.87. The van der Waals surface area contributed by atoms with Crippen molar-refractivity contribution in [3.05, 3.63) is 57.6 Å². The summed E-state index contributed by atoms with van der Waals surface area (Å²) < 4.78 is 35.0. The quantitative estimate of drug-likeness (QED) is 0.455. The van der Waals surface area contributed by atoms with Crippen molar-refractivity contribution in [2.24, 2.45) is 0 Å². The van der Waals surface area contributed by atoms with E-state index in [1.807, 2.05) is 0 Å². The maximum atomic E-state index is 12.5. The number of benzene rings is 2. The van der Waals surface area contributed by atoms with E-state index in [1.54, 1.807) is 6.07 Å². The molecule has 130 valence electrons. The minimum absolute atomic E-state index is 0.0572. The first-order chi connectivity index (χ1) is 11.8. The Morgan fingerprint density at radius 3 is 2.56 bits per heavy atom. The number of hydrogen-bond donors (Lipinski definition) is 0. The number of carbonyl (C=O) groups is 1. The fraction of sp³-hybridized carbons (Fsp3) is 0.188. The number of ketones is 1. The van der Waals surface area contributed by atoms with E-state index >= 15 is 0 Å². The molecule has 1 aliphatic rings. The summed E-state index contributed by atoms with van der Waals surface area (Å²) in [5, 5.41) is 11.1. The highest BCUT2D eigenvalue weighted by atomic mass is 32.2. The molecular weight excluding hydrogens is 350 g/mol. The first kappa shape index (κ1) is 16.9. The van der Waals surface area contributed by atoms with Gasteiger partial charge in [-0.05, 0) is 24.6 Å². The van der Waals surface area contributed by atoms with Crippen molar-refractivity contribution in [2.75, 3.05) is 7.11 Å². The van der Waals surface area contributed by atoms with Crippen LogP contribution >= 0.6 is 0 Å². The van der Waals surface area contributed by atoms with Gasteiger partial charge in [0.25, 0.3) is 0 Å². The molecule has 0 bridgehead atoms. The highest BCUT2D eigenvalue weighted by Crippen LogP contribution is 2.34. The monoisotopic (exact) mass is 363 g/mol. The number of hydrogen-bond acceptors (Lipinski definition) is 7. The third-order valence-corrected chi connectivity index (χ3v) is 5.10. The number of methoxy groups -OCH3 is 1. The molecule has 0 aliphatic heterocycles. The average Bonchev–Trinajstić information content (AvgIpc) is 2.96. The van der Waals surface area contributed by atoms with Crippen LogP contribution in [0, 0.1) is 10.1 Å². The van der Waals surface area contributed by atoms with Crippen molar-refractivity contribution in [3.63, 3.8) is 0 Å². The molecule has 0 aromatic heterocycles. The van der Waals surface area contributed by atoms with Crippen molar-refractivity contribution in [1.29, 1.82) is 0 Å². The van der Waals surface area contributed by atoms with Gasteiger partial charge >= 0.3 is 15.8 Å². The number of nitro benzene ring substituents is 1. The zero-order valence-electron chi connectivity index (χ0n) is 13.1. The molecule has 0 amide bonds. The van der Waals surface area contributed by atoms with Crippen molar-refractivity contribution in [2.45, 2.75) is 17.7 Å². The van der Waals surface area contributed by atoms with Crippen LogP contribution in [0.3, 0.4) is 0 Å². The normalized spacial score (nSPS) is 13.4.